The summed E-state index contributed by atoms with van der Waals surface area (Å²) in [7, 11) is 1.51. The van der Waals surface area contributed by atoms with E-state index in [-0.39, 0.29) is 5.78 Å². The van der Waals surface area contributed by atoms with Crippen LogP contribution < -0.4 is 0 Å². The Labute approximate surface area is 153 Å². The van der Waals surface area contributed by atoms with Gasteiger partial charge in [0.15, 0.2) is 18.2 Å². The van der Waals surface area contributed by atoms with E-state index < -0.39 is 24.6 Å². The van der Waals surface area contributed by atoms with Gasteiger partial charge in [0.2, 0.25) is 0 Å². The van der Waals surface area contributed by atoms with E-state index >= 15 is 0 Å². The maximum Gasteiger partial charge on any atom is 0.198 e. The number of hydrogen-bond acceptors (Lipinski definition) is 5. The summed E-state index contributed by atoms with van der Waals surface area (Å²) >= 11 is 0. The topological polar surface area (TPSA) is 54.0 Å². The number of rotatable bonds is 7. The maximum atomic E-state index is 12.9. The normalized spacial score (nSPS) is 26.0. The zero-order valence-corrected chi connectivity index (χ0v) is 15.0. The van der Waals surface area contributed by atoms with Crippen molar-refractivity contribution < 1.29 is 23.7 Å². The van der Waals surface area contributed by atoms with Crippen molar-refractivity contribution in [2.75, 3.05) is 7.11 Å². The molecule has 0 bridgehead atoms. The van der Waals surface area contributed by atoms with Crippen LogP contribution in [0.25, 0.3) is 0 Å². The number of methoxy groups -OCH3 is 1. The Hall–Kier alpha value is -2.05. The van der Waals surface area contributed by atoms with Crippen LogP contribution in [0.15, 0.2) is 60.7 Å². The molecule has 0 amide bonds. The lowest BCUT2D eigenvalue weighted by Gasteiger charge is -2.37. The van der Waals surface area contributed by atoms with E-state index in [1.165, 1.54) is 7.11 Å². The molecule has 4 atom stereocenters. The monoisotopic (exact) mass is 356 g/mol. The second-order valence-electron chi connectivity index (χ2n) is 6.28. The van der Waals surface area contributed by atoms with Gasteiger partial charge < -0.3 is 18.9 Å². The van der Waals surface area contributed by atoms with E-state index in [1.54, 1.807) is 0 Å². The van der Waals surface area contributed by atoms with Gasteiger partial charge in [0.1, 0.15) is 6.10 Å². The molecule has 1 aliphatic heterocycles. The van der Waals surface area contributed by atoms with Gasteiger partial charge in [0, 0.05) is 7.11 Å². The van der Waals surface area contributed by atoms with E-state index in [4.69, 9.17) is 18.9 Å². The first-order chi connectivity index (χ1) is 12.7. The molecule has 1 fully saturated rings. The summed E-state index contributed by atoms with van der Waals surface area (Å²) in [5.41, 5.74) is 1.98. The molecule has 2 aromatic carbocycles. The zero-order valence-electron chi connectivity index (χ0n) is 15.0. The molecule has 0 saturated carbocycles. The second-order valence-corrected chi connectivity index (χ2v) is 6.28. The van der Waals surface area contributed by atoms with Crippen LogP contribution in [0.5, 0.6) is 0 Å². The number of Topliss-reactive ketones (excluding diaryl/α,β-unsaturated/α-hetero) is 1. The Morgan fingerprint density at radius 2 is 1.35 bits per heavy atom. The highest BCUT2D eigenvalue weighted by Crippen LogP contribution is 2.24. The lowest BCUT2D eigenvalue weighted by atomic mass is 10.0. The lowest BCUT2D eigenvalue weighted by molar-refractivity contribution is -0.255. The maximum absolute atomic E-state index is 12.9. The van der Waals surface area contributed by atoms with Crippen molar-refractivity contribution in [2.45, 2.75) is 44.7 Å². The molecule has 1 heterocycles. The minimum atomic E-state index is -0.822. The molecular formula is C21H24O5. The van der Waals surface area contributed by atoms with Gasteiger partial charge >= 0.3 is 0 Å². The van der Waals surface area contributed by atoms with Gasteiger partial charge in [-0.05, 0) is 18.1 Å². The van der Waals surface area contributed by atoms with Crippen molar-refractivity contribution >= 4 is 5.78 Å². The summed E-state index contributed by atoms with van der Waals surface area (Å²) in [4.78, 5) is 12.9. The van der Waals surface area contributed by atoms with Crippen molar-refractivity contribution in [2.24, 2.45) is 0 Å². The highest BCUT2D eigenvalue weighted by Gasteiger charge is 2.45. The highest BCUT2D eigenvalue weighted by atomic mass is 16.7. The van der Waals surface area contributed by atoms with Gasteiger partial charge in [-0.25, -0.2) is 0 Å². The minimum absolute atomic E-state index is 0.150. The lowest BCUT2D eigenvalue weighted by Crippen LogP contribution is -2.56. The molecule has 26 heavy (non-hydrogen) atoms. The van der Waals surface area contributed by atoms with E-state index in [1.807, 2.05) is 67.6 Å². The molecule has 0 unspecified atom stereocenters. The molecule has 138 valence electrons. The first-order valence-corrected chi connectivity index (χ1v) is 8.72. The van der Waals surface area contributed by atoms with E-state index in [0.29, 0.717) is 13.2 Å². The molecule has 0 aliphatic carbocycles. The molecule has 0 aromatic heterocycles. The Morgan fingerprint density at radius 3 is 1.85 bits per heavy atom. The van der Waals surface area contributed by atoms with E-state index in [9.17, 15) is 4.79 Å². The molecule has 1 saturated heterocycles. The van der Waals surface area contributed by atoms with Crippen LogP contribution in [0.1, 0.15) is 18.1 Å². The van der Waals surface area contributed by atoms with Crippen LogP contribution in [0.3, 0.4) is 0 Å². The fourth-order valence-electron chi connectivity index (χ4n) is 2.96. The SMILES string of the molecule is CO[C@@H]1O[C@@H](C)[C@@H](OCc2ccccc2)C(=O)[C@@H]1OCc1ccccc1. The Bertz CT molecular complexity index is 688. The van der Waals surface area contributed by atoms with Crippen LogP contribution in [-0.2, 0) is 37.0 Å². The molecule has 0 N–H and O–H groups in total. The van der Waals surface area contributed by atoms with E-state index in [2.05, 4.69) is 0 Å². The second kappa shape index (κ2) is 9.05. The summed E-state index contributed by atoms with van der Waals surface area (Å²) in [6.07, 6.45) is -2.66. The molecular weight excluding hydrogens is 332 g/mol. The number of benzene rings is 2. The molecule has 2 aromatic rings. The van der Waals surface area contributed by atoms with Crippen LogP contribution in [-0.4, -0.2) is 37.5 Å². The predicted octanol–water partition coefficient (Wildman–Crippen LogP) is 3.12. The smallest absolute Gasteiger partial charge is 0.198 e. The fraction of sp³-hybridized carbons (Fsp3) is 0.381. The van der Waals surface area contributed by atoms with Gasteiger partial charge in [-0.3, -0.25) is 4.79 Å². The molecule has 3 rings (SSSR count). The van der Waals surface area contributed by atoms with Crippen LogP contribution >= 0.6 is 0 Å². The average Bonchev–Trinajstić information content (AvgIpc) is 2.68. The quantitative estimate of drug-likeness (QED) is 0.763. The average molecular weight is 356 g/mol. The first kappa shape index (κ1) is 18.7. The van der Waals surface area contributed by atoms with Gasteiger partial charge in [0.25, 0.3) is 0 Å². The van der Waals surface area contributed by atoms with Gasteiger partial charge in [-0.2, -0.15) is 0 Å². The molecule has 5 nitrogen and oxygen atoms in total. The summed E-state index contributed by atoms with van der Waals surface area (Å²) in [6.45, 7) is 2.46. The van der Waals surface area contributed by atoms with Crippen molar-refractivity contribution in [3.63, 3.8) is 0 Å². The third kappa shape index (κ3) is 4.56. The zero-order chi connectivity index (χ0) is 18.4. The summed E-state index contributed by atoms with van der Waals surface area (Å²) < 4.78 is 22.8. The van der Waals surface area contributed by atoms with Crippen molar-refractivity contribution in [1.29, 1.82) is 0 Å². The molecule has 1 aliphatic rings. The molecule has 0 radical (unpaired) electrons. The van der Waals surface area contributed by atoms with Crippen LogP contribution in [0, 0.1) is 0 Å². The number of carbonyl (C=O) groups excluding carboxylic acids is 1. The van der Waals surface area contributed by atoms with Gasteiger partial charge in [0.05, 0.1) is 19.3 Å². The van der Waals surface area contributed by atoms with E-state index in [0.717, 1.165) is 11.1 Å². The van der Waals surface area contributed by atoms with Gasteiger partial charge in [-0.1, -0.05) is 60.7 Å². The van der Waals surface area contributed by atoms with Gasteiger partial charge in [-0.15, -0.1) is 0 Å². The summed E-state index contributed by atoms with van der Waals surface area (Å²) in [5, 5.41) is 0. The number of hydrogen-bond donors (Lipinski definition) is 0. The largest absolute Gasteiger partial charge is 0.363 e. The predicted molar refractivity (Wildman–Crippen MR) is 96.4 cm³/mol. The number of ether oxygens (including phenoxy) is 4. The van der Waals surface area contributed by atoms with Crippen molar-refractivity contribution in [3.8, 4) is 0 Å². The summed E-state index contributed by atoms with van der Waals surface area (Å²) in [5.74, 6) is -0.150. The van der Waals surface area contributed by atoms with Crippen molar-refractivity contribution in [1.82, 2.24) is 0 Å². The third-order valence-electron chi connectivity index (χ3n) is 4.36. The minimum Gasteiger partial charge on any atom is -0.363 e. The Kier molecular flexibility index (Phi) is 6.52. The van der Waals surface area contributed by atoms with Crippen molar-refractivity contribution in [3.05, 3.63) is 71.8 Å². The molecule has 5 heteroatoms. The number of carbonyl (C=O) groups is 1. The van der Waals surface area contributed by atoms with Crippen LogP contribution in [0.4, 0.5) is 0 Å². The fourth-order valence-corrected chi connectivity index (χ4v) is 2.96. The third-order valence-corrected chi connectivity index (χ3v) is 4.36. The standard InChI is InChI=1S/C21H24O5/c1-15-19(24-13-16-9-5-3-6-10-16)18(22)20(21(23-2)26-15)25-14-17-11-7-4-8-12-17/h3-12,15,19-21H,13-14H2,1-2H3/t15-,19+,20-,21+/m0/s1. The van der Waals surface area contributed by atoms with Crippen LogP contribution in [0.2, 0.25) is 0 Å². The first-order valence-electron chi connectivity index (χ1n) is 8.72. The molecule has 0 spiro atoms. The Balaban J connectivity index is 1.65. The Morgan fingerprint density at radius 1 is 0.846 bits per heavy atom. The summed E-state index contributed by atoms with van der Waals surface area (Å²) in [6, 6.07) is 19.4. The number of ketones is 1. The highest BCUT2D eigenvalue weighted by molar-refractivity contribution is 5.89.